The maximum atomic E-state index is 11.9. The van der Waals surface area contributed by atoms with Gasteiger partial charge in [0.25, 0.3) is 5.91 Å². The van der Waals surface area contributed by atoms with E-state index in [1.54, 1.807) is 43.1 Å². The number of hydrogen-bond acceptors (Lipinski definition) is 5. The molecule has 0 aliphatic carbocycles. The van der Waals surface area contributed by atoms with Gasteiger partial charge in [0.05, 0.1) is 13.7 Å². The Balaban J connectivity index is 1.87. The van der Waals surface area contributed by atoms with E-state index < -0.39 is 0 Å². The molecule has 1 aromatic carbocycles. The molecule has 1 aliphatic heterocycles. The predicted molar refractivity (Wildman–Crippen MR) is 81.1 cm³/mol. The van der Waals surface area contributed by atoms with Crippen LogP contribution in [0.2, 0.25) is 0 Å². The van der Waals surface area contributed by atoms with Crippen LogP contribution in [0.4, 0.5) is 0 Å². The second-order valence-electron chi connectivity index (χ2n) is 3.85. The van der Waals surface area contributed by atoms with Gasteiger partial charge in [0.1, 0.15) is 5.75 Å². The zero-order valence-electron chi connectivity index (χ0n) is 10.4. The first-order valence-corrected chi connectivity index (χ1v) is 7.70. The molecule has 1 aliphatic rings. The number of halogens is 1. The van der Waals surface area contributed by atoms with Gasteiger partial charge in [-0.2, -0.15) is 0 Å². The van der Waals surface area contributed by atoms with Crippen molar-refractivity contribution in [2.75, 3.05) is 19.0 Å². The van der Waals surface area contributed by atoms with Crippen LogP contribution in [0, 0.1) is 0 Å². The highest BCUT2D eigenvalue weighted by Gasteiger charge is 2.18. The molecule has 1 amide bonds. The van der Waals surface area contributed by atoms with Crippen LogP contribution in [0.3, 0.4) is 0 Å². The van der Waals surface area contributed by atoms with Crippen molar-refractivity contribution >= 4 is 38.8 Å². The zero-order chi connectivity index (χ0) is 13.7. The van der Waals surface area contributed by atoms with Gasteiger partial charge in [0, 0.05) is 16.1 Å². The molecule has 0 spiro atoms. The fourth-order valence-corrected chi connectivity index (χ4v) is 2.90. The summed E-state index contributed by atoms with van der Waals surface area (Å²) < 4.78 is 5.08. The SMILES string of the molecule is COc1cccc(C(=O)NNC2=NCC(CBr)S2)c1. The summed E-state index contributed by atoms with van der Waals surface area (Å²) in [6.07, 6.45) is 0. The summed E-state index contributed by atoms with van der Waals surface area (Å²) in [5, 5.41) is 2.05. The van der Waals surface area contributed by atoms with Crippen LogP contribution in [0.1, 0.15) is 10.4 Å². The third-order valence-electron chi connectivity index (χ3n) is 2.50. The Morgan fingerprint density at radius 3 is 3.16 bits per heavy atom. The van der Waals surface area contributed by atoms with Gasteiger partial charge in [-0.05, 0) is 18.2 Å². The molecule has 0 bridgehead atoms. The normalized spacial score (nSPS) is 17.8. The summed E-state index contributed by atoms with van der Waals surface area (Å²) in [4.78, 5) is 16.2. The number of nitrogens with one attached hydrogen (secondary N) is 2. The molecule has 19 heavy (non-hydrogen) atoms. The molecule has 1 atom stereocenters. The van der Waals surface area contributed by atoms with E-state index in [9.17, 15) is 4.79 Å². The molecule has 1 unspecified atom stereocenters. The highest BCUT2D eigenvalue weighted by atomic mass is 79.9. The standard InChI is InChI=1S/C12H14BrN3O2S/c1-18-9-4-2-3-8(5-9)11(17)15-16-12-14-7-10(6-13)19-12/h2-5,10H,6-7H2,1H3,(H,14,16)(H,15,17). The first-order chi connectivity index (χ1) is 9.22. The minimum absolute atomic E-state index is 0.218. The van der Waals surface area contributed by atoms with Crippen molar-refractivity contribution in [2.24, 2.45) is 4.99 Å². The lowest BCUT2D eigenvalue weighted by atomic mass is 10.2. The lowest BCUT2D eigenvalue weighted by molar-refractivity contribution is 0.0944. The molecule has 1 heterocycles. The summed E-state index contributed by atoms with van der Waals surface area (Å²) in [7, 11) is 1.57. The molecule has 7 heteroatoms. The first kappa shape index (κ1) is 14.2. The van der Waals surface area contributed by atoms with Crippen LogP contribution in [0.5, 0.6) is 5.75 Å². The molecule has 1 aromatic rings. The number of hydrazine groups is 1. The number of amides is 1. The molecule has 0 saturated heterocycles. The van der Waals surface area contributed by atoms with Gasteiger partial charge in [0.2, 0.25) is 0 Å². The quantitative estimate of drug-likeness (QED) is 0.648. The fraction of sp³-hybridized carbons (Fsp3) is 0.333. The summed E-state index contributed by atoms with van der Waals surface area (Å²) in [5.41, 5.74) is 5.99. The molecule has 0 saturated carbocycles. The largest absolute Gasteiger partial charge is 0.497 e. The number of thioether (sulfide) groups is 1. The van der Waals surface area contributed by atoms with Crippen molar-refractivity contribution in [1.82, 2.24) is 10.9 Å². The van der Waals surface area contributed by atoms with E-state index in [1.165, 1.54) is 0 Å². The molecule has 0 radical (unpaired) electrons. The van der Waals surface area contributed by atoms with Crippen LogP contribution in [0.15, 0.2) is 29.3 Å². The lowest BCUT2D eigenvalue weighted by Gasteiger charge is -2.09. The van der Waals surface area contributed by atoms with Crippen molar-refractivity contribution in [3.63, 3.8) is 0 Å². The number of methoxy groups -OCH3 is 1. The van der Waals surface area contributed by atoms with E-state index in [-0.39, 0.29) is 5.91 Å². The van der Waals surface area contributed by atoms with Gasteiger partial charge >= 0.3 is 0 Å². The van der Waals surface area contributed by atoms with Crippen LogP contribution in [-0.4, -0.2) is 35.3 Å². The number of ether oxygens (including phenoxy) is 1. The van der Waals surface area contributed by atoms with Crippen molar-refractivity contribution < 1.29 is 9.53 Å². The maximum Gasteiger partial charge on any atom is 0.269 e. The molecule has 0 aromatic heterocycles. The molecular weight excluding hydrogens is 330 g/mol. The van der Waals surface area contributed by atoms with E-state index in [0.717, 1.165) is 17.0 Å². The Morgan fingerprint density at radius 2 is 2.47 bits per heavy atom. The van der Waals surface area contributed by atoms with Gasteiger partial charge in [-0.15, -0.1) is 0 Å². The number of aliphatic imine (C=N–C) groups is 1. The first-order valence-electron chi connectivity index (χ1n) is 5.70. The topological polar surface area (TPSA) is 62.7 Å². The Kier molecular flexibility index (Phi) is 5.09. The molecular formula is C12H14BrN3O2S. The minimum Gasteiger partial charge on any atom is -0.497 e. The van der Waals surface area contributed by atoms with Crippen molar-refractivity contribution in [1.29, 1.82) is 0 Å². The second kappa shape index (κ2) is 6.81. The highest BCUT2D eigenvalue weighted by molar-refractivity contribution is 9.09. The molecule has 0 fully saturated rings. The van der Waals surface area contributed by atoms with Crippen molar-refractivity contribution in [2.45, 2.75) is 5.25 Å². The molecule has 2 rings (SSSR count). The number of carbonyl (C=O) groups excluding carboxylic acids is 1. The number of amidine groups is 1. The van der Waals surface area contributed by atoms with E-state index in [1.807, 2.05) is 0 Å². The summed E-state index contributed by atoms with van der Waals surface area (Å²) in [6.45, 7) is 0.757. The third kappa shape index (κ3) is 3.87. The van der Waals surface area contributed by atoms with Crippen molar-refractivity contribution in [3.05, 3.63) is 29.8 Å². The average molecular weight is 344 g/mol. The van der Waals surface area contributed by atoms with Gasteiger partial charge in [0.15, 0.2) is 5.17 Å². The number of benzene rings is 1. The van der Waals surface area contributed by atoms with Crippen LogP contribution in [0.25, 0.3) is 0 Å². The monoisotopic (exact) mass is 343 g/mol. The molecule has 2 N–H and O–H groups in total. The summed E-state index contributed by atoms with van der Waals surface area (Å²) in [5.74, 6) is 0.434. The van der Waals surface area contributed by atoms with Crippen LogP contribution in [-0.2, 0) is 0 Å². The maximum absolute atomic E-state index is 11.9. The Bertz CT molecular complexity index is 496. The van der Waals surface area contributed by atoms with E-state index in [2.05, 4.69) is 31.8 Å². The Hall–Kier alpha value is -1.21. The van der Waals surface area contributed by atoms with Gasteiger partial charge in [-0.3, -0.25) is 20.6 Å². The van der Waals surface area contributed by atoms with Gasteiger partial charge < -0.3 is 4.74 Å². The summed E-state index contributed by atoms with van der Waals surface area (Å²) >= 11 is 5.02. The number of alkyl halides is 1. The van der Waals surface area contributed by atoms with E-state index in [0.29, 0.717) is 16.6 Å². The number of nitrogens with zero attached hydrogens (tertiary/aromatic N) is 1. The Labute approximate surface area is 124 Å². The molecule has 5 nitrogen and oxygen atoms in total. The highest BCUT2D eigenvalue weighted by Crippen LogP contribution is 2.20. The van der Waals surface area contributed by atoms with Gasteiger partial charge in [-0.1, -0.05) is 33.8 Å². The number of carbonyl (C=O) groups is 1. The van der Waals surface area contributed by atoms with Crippen molar-refractivity contribution in [3.8, 4) is 5.75 Å². The van der Waals surface area contributed by atoms with Gasteiger partial charge in [-0.25, -0.2) is 0 Å². The number of rotatable bonds is 3. The average Bonchev–Trinajstić information content (AvgIpc) is 2.93. The summed E-state index contributed by atoms with van der Waals surface area (Å²) in [6, 6.07) is 6.98. The third-order valence-corrected chi connectivity index (χ3v) is 4.82. The van der Waals surface area contributed by atoms with Crippen LogP contribution >= 0.6 is 27.7 Å². The minimum atomic E-state index is -0.218. The Morgan fingerprint density at radius 1 is 1.63 bits per heavy atom. The second-order valence-corrected chi connectivity index (χ2v) is 5.79. The van der Waals surface area contributed by atoms with Crippen LogP contribution < -0.4 is 15.6 Å². The fourth-order valence-electron chi connectivity index (χ4n) is 1.51. The number of hydrogen-bond donors (Lipinski definition) is 2. The van der Waals surface area contributed by atoms with E-state index >= 15 is 0 Å². The predicted octanol–water partition coefficient (Wildman–Crippen LogP) is 1.80. The van der Waals surface area contributed by atoms with E-state index in [4.69, 9.17) is 4.74 Å². The lowest BCUT2D eigenvalue weighted by Crippen LogP contribution is -2.40. The molecule has 102 valence electrons. The smallest absolute Gasteiger partial charge is 0.269 e. The zero-order valence-corrected chi connectivity index (χ0v) is 12.8.